The van der Waals surface area contributed by atoms with Crippen LogP contribution in [0, 0.1) is 0 Å². The Morgan fingerprint density at radius 1 is 1.17 bits per heavy atom. The zero-order chi connectivity index (χ0) is 13.0. The number of nitrogens with zero attached hydrogens (tertiary/aromatic N) is 1. The Balaban J connectivity index is 1.69. The van der Waals surface area contributed by atoms with Crippen molar-refractivity contribution in [2.45, 2.75) is 51.1 Å². The summed E-state index contributed by atoms with van der Waals surface area (Å²) in [4.78, 5) is 2.30. The average Bonchev–Trinajstić information content (AvgIpc) is 2.37. The van der Waals surface area contributed by atoms with Gasteiger partial charge in [0, 0.05) is 31.7 Å². The predicted octanol–water partition coefficient (Wildman–Crippen LogP) is 1.03. The van der Waals surface area contributed by atoms with Gasteiger partial charge in [-0.3, -0.25) is 4.90 Å². The van der Waals surface area contributed by atoms with Crippen LogP contribution >= 0.6 is 0 Å². The highest BCUT2D eigenvalue weighted by Gasteiger charge is 2.25. The molecule has 1 saturated heterocycles. The van der Waals surface area contributed by atoms with E-state index in [4.69, 9.17) is 0 Å². The van der Waals surface area contributed by atoms with E-state index in [-0.39, 0.29) is 0 Å². The van der Waals surface area contributed by atoms with E-state index in [0.717, 1.165) is 6.54 Å². The molecule has 4 nitrogen and oxygen atoms in total. The second-order valence-electron chi connectivity index (χ2n) is 5.78. The lowest BCUT2D eigenvalue weighted by Gasteiger charge is -2.33. The van der Waals surface area contributed by atoms with E-state index in [1.54, 1.807) is 0 Å². The van der Waals surface area contributed by atoms with Crippen molar-refractivity contribution < 1.29 is 8.42 Å². The Labute approximate surface area is 111 Å². The first-order chi connectivity index (χ1) is 8.57. The molecule has 0 aromatic rings. The smallest absolute Gasteiger partial charge is 0.152 e. The van der Waals surface area contributed by atoms with Crippen LogP contribution in [0.4, 0.5) is 0 Å². The van der Waals surface area contributed by atoms with Crippen molar-refractivity contribution in [2.24, 2.45) is 0 Å². The molecular weight excluding hydrogens is 248 g/mol. The normalized spacial score (nSPS) is 28.1. The van der Waals surface area contributed by atoms with Crippen LogP contribution in [0.5, 0.6) is 0 Å². The molecule has 1 saturated carbocycles. The molecule has 1 N–H and O–H groups in total. The summed E-state index contributed by atoms with van der Waals surface area (Å²) in [6.45, 7) is 4.60. The minimum Gasteiger partial charge on any atom is -0.312 e. The molecule has 0 spiro atoms. The van der Waals surface area contributed by atoms with Crippen molar-refractivity contribution in [1.29, 1.82) is 0 Å². The highest BCUT2D eigenvalue weighted by Crippen LogP contribution is 2.17. The van der Waals surface area contributed by atoms with Crippen LogP contribution in [-0.2, 0) is 9.84 Å². The van der Waals surface area contributed by atoms with Gasteiger partial charge in [-0.25, -0.2) is 8.42 Å². The van der Waals surface area contributed by atoms with Gasteiger partial charge in [-0.2, -0.15) is 0 Å². The van der Waals surface area contributed by atoms with Gasteiger partial charge in [0.05, 0.1) is 11.5 Å². The van der Waals surface area contributed by atoms with Crippen molar-refractivity contribution in [3.8, 4) is 0 Å². The van der Waals surface area contributed by atoms with Crippen molar-refractivity contribution in [2.75, 3.05) is 31.1 Å². The molecule has 106 valence electrons. The first kappa shape index (κ1) is 14.3. The van der Waals surface area contributed by atoms with Crippen molar-refractivity contribution >= 4 is 9.84 Å². The molecule has 1 aliphatic carbocycles. The Hall–Kier alpha value is -0.130. The zero-order valence-corrected chi connectivity index (χ0v) is 12.2. The molecular formula is C13H26N2O2S. The molecule has 1 unspecified atom stereocenters. The fraction of sp³-hybridized carbons (Fsp3) is 1.00. The van der Waals surface area contributed by atoms with Gasteiger partial charge in [0.25, 0.3) is 0 Å². The molecule has 5 heteroatoms. The van der Waals surface area contributed by atoms with Crippen molar-refractivity contribution in [3.63, 3.8) is 0 Å². The van der Waals surface area contributed by atoms with E-state index in [9.17, 15) is 8.42 Å². The molecule has 2 aliphatic rings. The molecule has 0 amide bonds. The average molecular weight is 274 g/mol. The maximum Gasteiger partial charge on any atom is 0.152 e. The van der Waals surface area contributed by atoms with Crippen LogP contribution in [-0.4, -0.2) is 56.5 Å². The number of nitrogens with one attached hydrogen (secondary N) is 1. The Morgan fingerprint density at radius 2 is 1.78 bits per heavy atom. The summed E-state index contributed by atoms with van der Waals surface area (Å²) in [5, 5.41) is 3.65. The minimum atomic E-state index is -2.75. The summed E-state index contributed by atoms with van der Waals surface area (Å²) in [5.74, 6) is 0.668. The van der Waals surface area contributed by atoms with E-state index in [1.165, 1.54) is 32.1 Å². The van der Waals surface area contributed by atoms with E-state index in [1.807, 2.05) is 0 Å². The summed E-state index contributed by atoms with van der Waals surface area (Å²) in [6, 6.07) is 1.14. The third kappa shape index (κ3) is 4.21. The van der Waals surface area contributed by atoms with E-state index in [2.05, 4.69) is 17.1 Å². The summed E-state index contributed by atoms with van der Waals surface area (Å²) in [5.41, 5.74) is 0. The van der Waals surface area contributed by atoms with Crippen LogP contribution in [0.25, 0.3) is 0 Å². The van der Waals surface area contributed by atoms with E-state index < -0.39 is 9.84 Å². The number of sulfone groups is 1. The largest absolute Gasteiger partial charge is 0.312 e. The van der Waals surface area contributed by atoms with E-state index >= 15 is 0 Å². The molecule has 1 atom stereocenters. The summed E-state index contributed by atoms with van der Waals surface area (Å²) in [6.07, 6.45) is 6.71. The van der Waals surface area contributed by atoms with Gasteiger partial charge in [0.1, 0.15) is 0 Å². The molecule has 0 aromatic carbocycles. The lowest BCUT2D eigenvalue weighted by molar-refractivity contribution is 0.211. The van der Waals surface area contributed by atoms with Gasteiger partial charge in [-0.15, -0.1) is 0 Å². The fourth-order valence-corrected chi connectivity index (χ4v) is 4.17. The number of rotatable bonds is 4. The van der Waals surface area contributed by atoms with Crippen LogP contribution < -0.4 is 5.32 Å². The molecule has 1 heterocycles. The highest BCUT2D eigenvalue weighted by molar-refractivity contribution is 7.91. The molecule has 0 radical (unpaired) electrons. The molecule has 2 fully saturated rings. The quantitative estimate of drug-likeness (QED) is 0.832. The van der Waals surface area contributed by atoms with Crippen LogP contribution in [0.1, 0.15) is 39.0 Å². The first-order valence-corrected chi connectivity index (χ1v) is 9.07. The summed E-state index contributed by atoms with van der Waals surface area (Å²) < 4.78 is 22.8. The van der Waals surface area contributed by atoms with Gasteiger partial charge < -0.3 is 5.32 Å². The van der Waals surface area contributed by atoms with Gasteiger partial charge in [0.15, 0.2) is 9.84 Å². The maximum atomic E-state index is 11.4. The van der Waals surface area contributed by atoms with Gasteiger partial charge >= 0.3 is 0 Å². The Kier molecular flexibility index (Phi) is 5.04. The maximum absolute atomic E-state index is 11.4. The lowest BCUT2D eigenvalue weighted by Crippen LogP contribution is -2.49. The fourth-order valence-electron chi connectivity index (χ4n) is 2.94. The van der Waals surface area contributed by atoms with Gasteiger partial charge in [-0.1, -0.05) is 19.3 Å². The molecule has 0 bridgehead atoms. The SMILES string of the molecule is CC(CNC1CCCCC1)N1CCS(=O)(=O)CC1. The minimum absolute atomic E-state index is 0.334. The second kappa shape index (κ2) is 6.35. The second-order valence-corrected chi connectivity index (χ2v) is 8.08. The topological polar surface area (TPSA) is 49.4 Å². The third-order valence-corrected chi connectivity index (χ3v) is 5.92. The lowest BCUT2D eigenvalue weighted by atomic mass is 9.95. The first-order valence-electron chi connectivity index (χ1n) is 7.25. The van der Waals surface area contributed by atoms with Crippen LogP contribution in [0.15, 0.2) is 0 Å². The van der Waals surface area contributed by atoms with Crippen molar-refractivity contribution in [3.05, 3.63) is 0 Å². The summed E-state index contributed by atoms with van der Waals surface area (Å²) >= 11 is 0. The Bertz CT molecular complexity index is 336. The zero-order valence-electron chi connectivity index (χ0n) is 11.4. The van der Waals surface area contributed by atoms with Crippen LogP contribution in [0.2, 0.25) is 0 Å². The predicted molar refractivity (Wildman–Crippen MR) is 74.6 cm³/mol. The molecule has 18 heavy (non-hydrogen) atoms. The molecule has 1 aliphatic heterocycles. The standard InChI is InChI=1S/C13H26N2O2S/c1-12(11-14-13-5-3-2-4-6-13)15-7-9-18(16,17)10-8-15/h12-14H,2-11H2,1H3. The molecule has 2 rings (SSSR count). The summed E-state index contributed by atoms with van der Waals surface area (Å²) in [7, 11) is -2.75. The van der Waals surface area contributed by atoms with Gasteiger partial charge in [-0.05, 0) is 19.8 Å². The number of hydrogen-bond donors (Lipinski definition) is 1. The van der Waals surface area contributed by atoms with Crippen LogP contribution in [0.3, 0.4) is 0 Å². The number of hydrogen-bond acceptors (Lipinski definition) is 4. The Morgan fingerprint density at radius 3 is 2.39 bits per heavy atom. The monoisotopic (exact) mass is 274 g/mol. The highest BCUT2D eigenvalue weighted by atomic mass is 32.2. The third-order valence-electron chi connectivity index (χ3n) is 4.31. The van der Waals surface area contributed by atoms with E-state index in [0.29, 0.717) is 36.7 Å². The van der Waals surface area contributed by atoms with Gasteiger partial charge in [0.2, 0.25) is 0 Å². The molecule has 0 aromatic heterocycles. The van der Waals surface area contributed by atoms with Crippen molar-refractivity contribution in [1.82, 2.24) is 10.2 Å².